The Balaban J connectivity index is 1.70. The fourth-order valence-corrected chi connectivity index (χ4v) is 2.75. The summed E-state index contributed by atoms with van der Waals surface area (Å²) in [5.74, 6) is 0.776. The maximum Gasteiger partial charge on any atom is 0.414 e. The van der Waals surface area contributed by atoms with Crippen LogP contribution in [0.5, 0.6) is 0 Å². The Morgan fingerprint density at radius 2 is 2.05 bits per heavy atom. The number of ether oxygens (including phenoxy) is 1. The van der Waals surface area contributed by atoms with Gasteiger partial charge in [-0.05, 0) is 49.4 Å². The van der Waals surface area contributed by atoms with E-state index in [9.17, 15) is 9.59 Å². The van der Waals surface area contributed by atoms with E-state index >= 15 is 0 Å². The molecule has 1 aromatic rings. The van der Waals surface area contributed by atoms with Gasteiger partial charge in [0.25, 0.3) is 5.91 Å². The van der Waals surface area contributed by atoms with E-state index in [1.54, 1.807) is 17.0 Å². The average Bonchev–Trinajstić information content (AvgIpc) is 3.25. The summed E-state index contributed by atoms with van der Waals surface area (Å²) >= 11 is 0. The van der Waals surface area contributed by atoms with Crippen LogP contribution in [0.15, 0.2) is 24.3 Å². The molecular formula is C17H22N2O3. The van der Waals surface area contributed by atoms with Crippen molar-refractivity contribution in [2.24, 2.45) is 5.92 Å². The van der Waals surface area contributed by atoms with E-state index < -0.39 is 0 Å². The van der Waals surface area contributed by atoms with Gasteiger partial charge >= 0.3 is 6.09 Å². The van der Waals surface area contributed by atoms with Crippen molar-refractivity contribution in [1.82, 2.24) is 4.90 Å². The van der Waals surface area contributed by atoms with Gasteiger partial charge in [-0.3, -0.25) is 9.69 Å². The largest absolute Gasteiger partial charge is 0.447 e. The molecule has 5 nitrogen and oxygen atoms in total. The van der Waals surface area contributed by atoms with E-state index in [1.165, 1.54) is 12.8 Å². The van der Waals surface area contributed by atoms with Gasteiger partial charge in [0.05, 0.1) is 6.54 Å². The molecular weight excluding hydrogens is 280 g/mol. The molecule has 1 aromatic carbocycles. The molecule has 1 saturated heterocycles. The zero-order valence-electron chi connectivity index (χ0n) is 13.0. The number of amides is 2. The molecule has 1 heterocycles. The number of anilines is 1. The number of carbonyl (C=O) groups is 2. The van der Waals surface area contributed by atoms with Crippen molar-refractivity contribution >= 4 is 17.7 Å². The summed E-state index contributed by atoms with van der Waals surface area (Å²) in [5, 5.41) is 0. The standard InChI is InChI=1S/C17H22N2O3/c1-2-9-18(12-13-3-4-13)16(20)14-5-7-15(8-6-14)19-10-11-22-17(19)21/h5-8,13H,2-4,9-12H2,1H3. The van der Waals surface area contributed by atoms with Crippen LogP contribution in [0.1, 0.15) is 36.5 Å². The zero-order valence-corrected chi connectivity index (χ0v) is 13.0. The van der Waals surface area contributed by atoms with Crippen molar-refractivity contribution in [1.29, 1.82) is 0 Å². The second-order valence-electron chi connectivity index (χ2n) is 6.01. The minimum absolute atomic E-state index is 0.0873. The molecule has 0 N–H and O–H groups in total. The van der Waals surface area contributed by atoms with Crippen molar-refractivity contribution in [2.75, 3.05) is 31.1 Å². The summed E-state index contributed by atoms with van der Waals surface area (Å²) in [6.45, 7) is 4.75. The van der Waals surface area contributed by atoms with E-state index in [-0.39, 0.29) is 12.0 Å². The number of hydrogen-bond donors (Lipinski definition) is 0. The van der Waals surface area contributed by atoms with E-state index in [1.807, 2.05) is 17.0 Å². The van der Waals surface area contributed by atoms with E-state index in [2.05, 4.69) is 6.92 Å². The molecule has 0 unspecified atom stereocenters. The smallest absolute Gasteiger partial charge is 0.414 e. The Bertz CT molecular complexity index is 552. The highest BCUT2D eigenvalue weighted by atomic mass is 16.6. The highest BCUT2D eigenvalue weighted by Gasteiger charge is 2.27. The van der Waals surface area contributed by atoms with Gasteiger partial charge in [-0.2, -0.15) is 0 Å². The van der Waals surface area contributed by atoms with E-state index in [0.29, 0.717) is 24.6 Å². The van der Waals surface area contributed by atoms with Crippen molar-refractivity contribution in [3.05, 3.63) is 29.8 Å². The van der Waals surface area contributed by atoms with Crippen LogP contribution in [0.2, 0.25) is 0 Å². The quantitative estimate of drug-likeness (QED) is 0.812. The topological polar surface area (TPSA) is 49.9 Å². The Morgan fingerprint density at radius 3 is 2.59 bits per heavy atom. The molecule has 0 spiro atoms. The molecule has 3 rings (SSSR count). The SMILES string of the molecule is CCCN(CC1CC1)C(=O)c1ccc(N2CCOC2=O)cc1. The van der Waals surface area contributed by atoms with Crippen LogP contribution in [-0.4, -0.2) is 43.1 Å². The molecule has 5 heteroatoms. The second-order valence-corrected chi connectivity index (χ2v) is 6.01. The molecule has 1 aliphatic carbocycles. The number of benzene rings is 1. The maximum absolute atomic E-state index is 12.6. The van der Waals surface area contributed by atoms with Crippen LogP contribution in [0, 0.1) is 5.92 Å². The van der Waals surface area contributed by atoms with Crippen LogP contribution in [-0.2, 0) is 4.74 Å². The third-order valence-electron chi connectivity index (χ3n) is 4.14. The number of cyclic esters (lactones) is 1. The van der Waals surface area contributed by atoms with Gasteiger partial charge in [0.1, 0.15) is 6.61 Å². The molecule has 0 radical (unpaired) electrons. The molecule has 0 bridgehead atoms. The first-order chi connectivity index (χ1) is 10.7. The molecule has 0 atom stereocenters. The van der Waals surface area contributed by atoms with Gasteiger partial charge in [-0.1, -0.05) is 6.92 Å². The predicted molar refractivity (Wildman–Crippen MR) is 84.1 cm³/mol. The summed E-state index contributed by atoms with van der Waals surface area (Å²) < 4.78 is 4.93. The molecule has 0 aromatic heterocycles. The van der Waals surface area contributed by atoms with Crippen molar-refractivity contribution in [2.45, 2.75) is 26.2 Å². The normalized spacial score (nSPS) is 17.5. The monoisotopic (exact) mass is 302 g/mol. The van der Waals surface area contributed by atoms with Gasteiger partial charge in [-0.15, -0.1) is 0 Å². The van der Waals surface area contributed by atoms with Gasteiger partial charge in [0.2, 0.25) is 0 Å². The Labute approximate surface area is 130 Å². The van der Waals surface area contributed by atoms with Gasteiger partial charge in [0.15, 0.2) is 0 Å². The predicted octanol–water partition coefficient (Wildman–Crippen LogP) is 2.91. The molecule has 2 amide bonds. The van der Waals surface area contributed by atoms with E-state index in [0.717, 1.165) is 25.2 Å². The highest BCUT2D eigenvalue weighted by molar-refractivity contribution is 5.95. The summed E-state index contributed by atoms with van der Waals surface area (Å²) in [6.07, 6.45) is 3.13. The Hall–Kier alpha value is -2.04. The Kier molecular flexibility index (Phi) is 4.32. The lowest BCUT2D eigenvalue weighted by Crippen LogP contribution is -2.33. The lowest BCUT2D eigenvalue weighted by molar-refractivity contribution is 0.0747. The number of nitrogens with zero attached hydrogens (tertiary/aromatic N) is 2. The van der Waals surface area contributed by atoms with Crippen LogP contribution in [0.3, 0.4) is 0 Å². The number of carbonyl (C=O) groups excluding carboxylic acids is 2. The van der Waals surface area contributed by atoms with Crippen molar-refractivity contribution in [3.63, 3.8) is 0 Å². The fourth-order valence-electron chi connectivity index (χ4n) is 2.75. The zero-order chi connectivity index (χ0) is 15.5. The second kappa shape index (κ2) is 6.38. The van der Waals surface area contributed by atoms with Crippen LogP contribution >= 0.6 is 0 Å². The average molecular weight is 302 g/mol. The van der Waals surface area contributed by atoms with Crippen molar-refractivity contribution < 1.29 is 14.3 Å². The molecule has 1 aliphatic heterocycles. The molecule has 2 aliphatic rings. The van der Waals surface area contributed by atoms with Gasteiger partial charge in [0, 0.05) is 24.3 Å². The molecule has 2 fully saturated rings. The Morgan fingerprint density at radius 1 is 1.32 bits per heavy atom. The van der Waals surface area contributed by atoms with Crippen LogP contribution in [0.25, 0.3) is 0 Å². The van der Waals surface area contributed by atoms with Gasteiger partial charge < -0.3 is 9.64 Å². The minimum Gasteiger partial charge on any atom is -0.447 e. The summed E-state index contributed by atoms with van der Waals surface area (Å²) in [4.78, 5) is 27.7. The fraction of sp³-hybridized carbons (Fsp3) is 0.529. The molecule has 1 saturated carbocycles. The molecule has 22 heavy (non-hydrogen) atoms. The summed E-state index contributed by atoms with van der Waals surface area (Å²) in [5.41, 5.74) is 1.47. The summed E-state index contributed by atoms with van der Waals surface area (Å²) in [7, 11) is 0. The third kappa shape index (κ3) is 3.24. The lowest BCUT2D eigenvalue weighted by Gasteiger charge is -2.22. The number of rotatable bonds is 6. The molecule has 118 valence electrons. The maximum atomic E-state index is 12.6. The third-order valence-corrected chi connectivity index (χ3v) is 4.14. The summed E-state index contributed by atoms with van der Waals surface area (Å²) in [6, 6.07) is 7.25. The minimum atomic E-state index is -0.319. The van der Waals surface area contributed by atoms with Crippen molar-refractivity contribution in [3.8, 4) is 0 Å². The highest BCUT2D eigenvalue weighted by Crippen LogP contribution is 2.30. The first-order valence-electron chi connectivity index (χ1n) is 8.02. The first kappa shape index (κ1) is 14.9. The van der Waals surface area contributed by atoms with Crippen LogP contribution < -0.4 is 4.90 Å². The first-order valence-corrected chi connectivity index (χ1v) is 8.02. The van der Waals surface area contributed by atoms with Crippen LogP contribution in [0.4, 0.5) is 10.5 Å². The lowest BCUT2D eigenvalue weighted by atomic mass is 10.1. The van der Waals surface area contributed by atoms with E-state index in [4.69, 9.17) is 4.74 Å². The number of hydrogen-bond acceptors (Lipinski definition) is 3. The van der Waals surface area contributed by atoms with Gasteiger partial charge in [-0.25, -0.2) is 4.79 Å².